The fourth-order valence-electron chi connectivity index (χ4n) is 3.25. The number of ether oxygens (including phenoxy) is 1. The molecular weight excluding hydrogens is 414 g/mol. The minimum Gasteiger partial charge on any atom is -0.387 e. The summed E-state index contributed by atoms with van der Waals surface area (Å²) in [6.45, 7) is 4.58. The first-order valence-electron chi connectivity index (χ1n) is 9.22. The van der Waals surface area contributed by atoms with Crippen LogP contribution in [-0.4, -0.2) is 77.2 Å². The van der Waals surface area contributed by atoms with Crippen LogP contribution in [0.25, 0.3) is 11.2 Å². The van der Waals surface area contributed by atoms with Crippen LogP contribution >= 0.6 is 12.6 Å². The number of carbonyl (C=O) groups excluding carboxylic acids is 2. The highest BCUT2D eigenvalue weighted by Gasteiger charge is 2.45. The minimum atomic E-state index is -1.30. The zero-order chi connectivity index (χ0) is 22.2. The van der Waals surface area contributed by atoms with Crippen LogP contribution in [0.5, 0.6) is 0 Å². The fourth-order valence-corrected chi connectivity index (χ4v) is 3.44. The van der Waals surface area contributed by atoms with Gasteiger partial charge in [-0.15, -0.1) is 0 Å². The Kier molecular flexibility index (Phi) is 6.17. The zero-order valence-electron chi connectivity index (χ0n) is 16.7. The van der Waals surface area contributed by atoms with Crippen molar-refractivity contribution in [3.05, 3.63) is 12.7 Å². The highest BCUT2D eigenvalue weighted by atomic mass is 32.1. The lowest BCUT2D eigenvalue weighted by molar-refractivity contribution is -0.129. The van der Waals surface area contributed by atoms with E-state index < -0.39 is 41.2 Å². The molecule has 1 aliphatic heterocycles. The van der Waals surface area contributed by atoms with Gasteiger partial charge in [-0.3, -0.25) is 14.2 Å². The molecule has 0 aromatic carbocycles. The molecule has 164 valence electrons. The summed E-state index contributed by atoms with van der Waals surface area (Å²) in [5.41, 5.74) is 6.45. The van der Waals surface area contributed by atoms with Gasteiger partial charge in [-0.25, -0.2) is 15.0 Å². The quantitative estimate of drug-likeness (QED) is 0.288. The van der Waals surface area contributed by atoms with Crippen molar-refractivity contribution in [1.29, 1.82) is 0 Å². The topological polar surface area (TPSA) is 178 Å². The second kappa shape index (κ2) is 8.34. The SMILES string of the molecule is CC(=O)NC(C(=O)NC[C@H]1O[C@@H](n2cnc3c(N)ncnc32)[C@H](O)[C@@H]1O)C(C)(C)S. The van der Waals surface area contributed by atoms with Crippen LogP contribution in [0.15, 0.2) is 12.7 Å². The van der Waals surface area contributed by atoms with Gasteiger partial charge in [0.25, 0.3) is 0 Å². The third-order valence-corrected chi connectivity index (χ3v) is 5.05. The normalized spacial score (nSPS) is 25.3. The average molecular weight is 439 g/mol. The summed E-state index contributed by atoms with van der Waals surface area (Å²) in [5.74, 6) is -0.695. The fraction of sp³-hybridized carbons (Fsp3) is 0.588. The number of nitrogens with two attached hydrogens (primary N) is 1. The van der Waals surface area contributed by atoms with E-state index >= 15 is 0 Å². The van der Waals surface area contributed by atoms with Gasteiger partial charge in [-0.05, 0) is 13.8 Å². The Balaban J connectivity index is 1.71. The van der Waals surface area contributed by atoms with Gasteiger partial charge in [0.1, 0.15) is 36.2 Å². The Labute approximate surface area is 177 Å². The van der Waals surface area contributed by atoms with Gasteiger partial charge in [0, 0.05) is 18.2 Å². The van der Waals surface area contributed by atoms with Crippen LogP contribution in [0, 0.1) is 0 Å². The number of aromatic nitrogens is 4. The average Bonchev–Trinajstić information content (AvgIpc) is 3.20. The Bertz CT molecular complexity index is 946. The summed E-state index contributed by atoms with van der Waals surface area (Å²) in [7, 11) is 0. The van der Waals surface area contributed by atoms with Gasteiger partial charge in [-0.1, -0.05) is 0 Å². The highest BCUT2D eigenvalue weighted by Crippen LogP contribution is 2.31. The zero-order valence-corrected chi connectivity index (χ0v) is 17.6. The van der Waals surface area contributed by atoms with E-state index in [2.05, 4.69) is 38.2 Å². The van der Waals surface area contributed by atoms with Gasteiger partial charge in [-0.2, -0.15) is 12.6 Å². The number of fused-ring (bicyclic) bond motifs is 1. The lowest BCUT2D eigenvalue weighted by Gasteiger charge is -2.29. The number of amides is 2. The molecule has 3 rings (SSSR count). The third kappa shape index (κ3) is 4.33. The Morgan fingerprint density at radius 2 is 2.03 bits per heavy atom. The van der Waals surface area contributed by atoms with Crippen LogP contribution in [0.2, 0.25) is 0 Å². The molecule has 30 heavy (non-hydrogen) atoms. The van der Waals surface area contributed by atoms with Crippen LogP contribution in [-0.2, 0) is 14.3 Å². The third-order valence-electron chi connectivity index (χ3n) is 4.79. The van der Waals surface area contributed by atoms with Gasteiger partial charge in [0.2, 0.25) is 11.8 Å². The number of nitrogen functional groups attached to an aromatic ring is 1. The number of hydrogen-bond donors (Lipinski definition) is 6. The smallest absolute Gasteiger partial charge is 0.244 e. The largest absolute Gasteiger partial charge is 0.387 e. The molecule has 0 bridgehead atoms. The monoisotopic (exact) mass is 439 g/mol. The lowest BCUT2D eigenvalue weighted by Crippen LogP contribution is -2.56. The molecule has 3 heterocycles. The second-order valence-electron chi connectivity index (χ2n) is 7.66. The molecule has 2 amide bonds. The first kappa shape index (κ1) is 22.2. The number of nitrogens with one attached hydrogen (secondary N) is 2. The lowest BCUT2D eigenvalue weighted by atomic mass is 10.0. The molecule has 1 saturated heterocycles. The molecule has 2 aromatic heterocycles. The van der Waals surface area contributed by atoms with Gasteiger partial charge >= 0.3 is 0 Å². The number of thiol groups is 1. The van der Waals surface area contributed by atoms with E-state index in [0.29, 0.717) is 11.2 Å². The maximum Gasteiger partial charge on any atom is 0.244 e. The van der Waals surface area contributed by atoms with E-state index in [1.807, 2.05) is 0 Å². The predicted octanol–water partition coefficient (Wildman–Crippen LogP) is -1.64. The molecule has 6 N–H and O–H groups in total. The number of carbonyl (C=O) groups is 2. The summed E-state index contributed by atoms with van der Waals surface area (Å²) in [6, 6.07) is -0.908. The maximum absolute atomic E-state index is 12.6. The number of aliphatic hydroxyl groups excluding tert-OH is 2. The van der Waals surface area contributed by atoms with Crippen LogP contribution in [0.4, 0.5) is 5.82 Å². The molecule has 1 fully saturated rings. The van der Waals surface area contributed by atoms with E-state index in [9.17, 15) is 19.8 Å². The van der Waals surface area contributed by atoms with Gasteiger partial charge < -0.3 is 31.3 Å². The van der Waals surface area contributed by atoms with Crippen molar-refractivity contribution in [3.63, 3.8) is 0 Å². The van der Waals surface area contributed by atoms with Crippen molar-refractivity contribution in [2.75, 3.05) is 12.3 Å². The first-order chi connectivity index (χ1) is 14.0. The molecule has 13 heteroatoms. The van der Waals surface area contributed by atoms with Crippen molar-refractivity contribution in [2.24, 2.45) is 0 Å². The molecule has 5 atom stereocenters. The van der Waals surface area contributed by atoms with Crippen LogP contribution in [0.1, 0.15) is 27.0 Å². The standard InChI is InChI=1S/C17H25N7O5S/c1-7(25)23-12(17(2,3)30)15(28)19-4-8-10(26)11(27)16(29-8)24-6-22-9-13(18)20-5-21-14(9)24/h5-6,8,10-12,16,26-27,30H,4H2,1-3H3,(H,19,28)(H,23,25)(H2,18,20,21)/t8-,10-,11-,12?,16-/m1/s1. The number of aliphatic hydroxyl groups is 2. The minimum absolute atomic E-state index is 0.0999. The van der Waals surface area contributed by atoms with Crippen molar-refractivity contribution in [1.82, 2.24) is 30.2 Å². The number of hydrogen-bond acceptors (Lipinski definition) is 10. The summed E-state index contributed by atoms with van der Waals surface area (Å²) in [5, 5.41) is 26.1. The van der Waals surface area contributed by atoms with Gasteiger partial charge in [0.15, 0.2) is 17.7 Å². The van der Waals surface area contributed by atoms with E-state index in [1.54, 1.807) is 13.8 Å². The molecule has 0 saturated carbocycles. The van der Waals surface area contributed by atoms with Crippen LogP contribution in [0.3, 0.4) is 0 Å². The molecule has 0 aliphatic carbocycles. The Morgan fingerprint density at radius 1 is 1.33 bits per heavy atom. The molecule has 1 unspecified atom stereocenters. The van der Waals surface area contributed by atoms with Crippen molar-refractivity contribution < 1.29 is 24.5 Å². The van der Waals surface area contributed by atoms with E-state index in [0.717, 1.165) is 0 Å². The Morgan fingerprint density at radius 3 is 2.67 bits per heavy atom. The molecule has 0 radical (unpaired) electrons. The predicted molar refractivity (Wildman–Crippen MR) is 109 cm³/mol. The van der Waals surface area contributed by atoms with Crippen molar-refractivity contribution >= 4 is 41.4 Å². The van der Waals surface area contributed by atoms with E-state index in [4.69, 9.17) is 10.5 Å². The maximum atomic E-state index is 12.6. The molecule has 1 aliphatic rings. The number of anilines is 1. The molecule has 0 spiro atoms. The van der Waals surface area contributed by atoms with E-state index in [-0.39, 0.29) is 18.3 Å². The Hall–Kier alpha value is -2.48. The molecular formula is C17H25N7O5S. The second-order valence-corrected chi connectivity index (χ2v) is 8.81. The molecule has 2 aromatic rings. The summed E-state index contributed by atoms with van der Waals surface area (Å²) in [4.78, 5) is 36.1. The van der Waals surface area contributed by atoms with Crippen molar-refractivity contribution in [2.45, 2.75) is 56.1 Å². The highest BCUT2D eigenvalue weighted by molar-refractivity contribution is 7.81. The molecule has 12 nitrogen and oxygen atoms in total. The summed E-state index contributed by atoms with van der Waals surface area (Å²) >= 11 is 4.37. The summed E-state index contributed by atoms with van der Waals surface area (Å²) in [6.07, 6.45) is -1.84. The summed E-state index contributed by atoms with van der Waals surface area (Å²) < 4.78 is 6.39. The van der Waals surface area contributed by atoms with Gasteiger partial charge in [0.05, 0.1) is 6.33 Å². The number of imidazole rings is 1. The number of nitrogens with zero attached hydrogens (tertiary/aromatic N) is 4. The number of rotatable bonds is 6. The van der Waals surface area contributed by atoms with E-state index in [1.165, 1.54) is 24.1 Å². The van der Waals surface area contributed by atoms with Crippen molar-refractivity contribution in [3.8, 4) is 0 Å². The first-order valence-corrected chi connectivity index (χ1v) is 9.67. The van der Waals surface area contributed by atoms with Crippen LogP contribution < -0.4 is 16.4 Å².